The molecule has 0 spiro atoms. The van der Waals surface area contributed by atoms with Gasteiger partial charge < -0.3 is 0 Å². The highest BCUT2D eigenvalue weighted by atomic mass is 32.1. The zero-order chi connectivity index (χ0) is 40.3. The van der Waals surface area contributed by atoms with Gasteiger partial charge in [-0.3, -0.25) is 0 Å². The molecule has 0 aliphatic rings. The van der Waals surface area contributed by atoms with Gasteiger partial charge in [0.15, 0.2) is 17.5 Å². The standard InChI is InChI=1S/C57H35N3S/c1-3-16-36(17-4-1)40-31-30-37-18-7-8-21-39(37)53(40)47-33-35-51(44-25-12-10-23-42(44)47)57-59-55(38-19-5-2-6-20-38)58-56(60-57)50-34-32-45(41-22-9-11-24-43(41)50)48-27-15-28-49-46-26-13-14-29-52(46)61-54(48)49/h1-35H. The lowest BCUT2D eigenvalue weighted by Crippen LogP contribution is -2.01. The van der Waals surface area contributed by atoms with Gasteiger partial charge in [-0.2, -0.15) is 0 Å². The van der Waals surface area contributed by atoms with Crippen LogP contribution in [-0.2, 0) is 0 Å². The van der Waals surface area contributed by atoms with Crippen molar-refractivity contribution < 1.29 is 0 Å². The molecule has 0 bridgehead atoms. The molecule has 12 rings (SSSR count). The Morgan fingerprint density at radius 3 is 1.43 bits per heavy atom. The lowest BCUT2D eigenvalue weighted by atomic mass is 9.86. The second-order valence-electron chi connectivity index (χ2n) is 15.4. The summed E-state index contributed by atoms with van der Waals surface area (Å²) in [7, 11) is 0. The van der Waals surface area contributed by atoms with Gasteiger partial charge in [0.1, 0.15) is 0 Å². The second-order valence-corrected chi connectivity index (χ2v) is 16.5. The molecule has 10 aromatic carbocycles. The van der Waals surface area contributed by atoms with Crippen molar-refractivity contribution in [3.63, 3.8) is 0 Å². The van der Waals surface area contributed by atoms with Gasteiger partial charge in [-0.05, 0) is 78.3 Å². The fourth-order valence-electron chi connectivity index (χ4n) is 9.15. The van der Waals surface area contributed by atoms with Crippen molar-refractivity contribution in [3.8, 4) is 67.5 Å². The molecule has 4 heteroatoms. The highest BCUT2D eigenvalue weighted by Crippen LogP contribution is 2.45. The Labute approximate surface area is 356 Å². The Hall–Kier alpha value is -7.79. The van der Waals surface area contributed by atoms with Crippen LogP contribution in [0.1, 0.15) is 0 Å². The summed E-state index contributed by atoms with van der Waals surface area (Å²) < 4.78 is 2.59. The summed E-state index contributed by atoms with van der Waals surface area (Å²) in [5.41, 5.74) is 10.1. The predicted molar refractivity (Wildman–Crippen MR) is 258 cm³/mol. The predicted octanol–water partition coefficient (Wildman–Crippen LogP) is 15.7. The van der Waals surface area contributed by atoms with Crippen molar-refractivity contribution in [1.29, 1.82) is 0 Å². The molecule has 284 valence electrons. The van der Waals surface area contributed by atoms with E-state index in [0.717, 1.165) is 38.2 Å². The Morgan fingerprint density at radius 1 is 0.262 bits per heavy atom. The van der Waals surface area contributed by atoms with Gasteiger partial charge in [0.2, 0.25) is 0 Å². The number of hydrogen-bond acceptors (Lipinski definition) is 4. The van der Waals surface area contributed by atoms with Crippen molar-refractivity contribution >= 4 is 63.8 Å². The minimum atomic E-state index is 0.635. The van der Waals surface area contributed by atoms with E-state index in [0.29, 0.717) is 17.5 Å². The third-order valence-corrected chi connectivity index (χ3v) is 13.2. The minimum absolute atomic E-state index is 0.635. The average molecular weight is 794 g/mol. The van der Waals surface area contributed by atoms with Crippen molar-refractivity contribution in [3.05, 3.63) is 212 Å². The van der Waals surface area contributed by atoms with Crippen LogP contribution in [0, 0.1) is 0 Å². The SMILES string of the molecule is c1ccc(-c2nc(-c3ccc(-c4c(-c5ccccc5)ccc5ccccc45)c4ccccc34)nc(-c3ccc(-c4cccc5c4sc4ccccc45)c4ccccc34)n2)cc1. The summed E-state index contributed by atoms with van der Waals surface area (Å²) in [5.74, 6) is 1.91. The van der Waals surface area contributed by atoms with Gasteiger partial charge in [-0.15, -0.1) is 11.3 Å². The summed E-state index contributed by atoms with van der Waals surface area (Å²) in [4.78, 5) is 15.9. The van der Waals surface area contributed by atoms with Gasteiger partial charge in [0.05, 0.1) is 0 Å². The van der Waals surface area contributed by atoms with Gasteiger partial charge in [-0.1, -0.05) is 194 Å². The molecule has 0 atom stereocenters. The van der Waals surface area contributed by atoms with E-state index in [4.69, 9.17) is 15.0 Å². The highest BCUT2D eigenvalue weighted by Gasteiger charge is 2.21. The number of nitrogens with zero attached hydrogens (tertiary/aromatic N) is 3. The first-order chi connectivity index (χ1) is 30.3. The molecule has 0 aliphatic heterocycles. The van der Waals surface area contributed by atoms with Crippen LogP contribution in [0.5, 0.6) is 0 Å². The van der Waals surface area contributed by atoms with Crippen molar-refractivity contribution in [2.45, 2.75) is 0 Å². The molecule has 0 radical (unpaired) electrons. The van der Waals surface area contributed by atoms with Crippen LogP contribution in [0.3, 0.4) is 0 Å². The maximum atomic E-state index is 5.38. The molecule has 12 aromatic rings. The first-order valence-corrected chi connectivity index (χ1v) is 21.4. The molecule has 2 aromatic heterocycles. The molecule has 0 fully saturated rings. The van der Waals surface area contributed by atoms with Crippen molar-refractivity contribution in [2.24, 2.45) is 0 Å². The van der Waals surface area contributed by atoms with Crippen LogP contribution in [0.25, 0.3) is 120 Å². The molecule has 2 heterocycles. The fourth-order valence-corrected chi connectivity index (χ4v) is 10.4. The Bertz CT molecular complexity index is 3650. The van der Waals surface area contributed by atoms with E-state index in [1.54, 1.807) is 0 Å². The third kappa shape index (κ3) is 5.91. The Balaban J connectivity index is 1.07. The number of rotatable bonds is 6. The molecular formula is C57H35N3S. The average Bonchev–Trinajstić information content (AvgIpc) is 3.73. The van der Waals surface area contributed by atoms with Crippen LogP contribution in [-0.4, -0.2) is 15.0 Å². The van der Waals surface area contributed by atoms with Crippen LogP contribution in [0.2, 0.25) is 0 Å². The molecule has 0 saturated carbocycles. The van der Waals surface area contributed by atoms with Gasteiger partial charge >= 0.3 is 0 Å². The van der Waals surface area contributed by atoms with Gasteiger partial charge in [0, 0.05) is 42.4 Å². The minimum Gasteiger partial charge on any atom is -0.208 e. The van der Waals surface area contributed by atoms with E-state index in [1.807, 2.05) is 29.5 Å². The van der Waals surface area contributed by atoms with Crippen molar-refractivity contribution in [1.82, 2.24) is 15.0 Å². The molecule has 0 saturated heterocycles. The van der Waals surface area contributed by atoms with Crippen LogP contribution in [0.4, 0.5) is 0 Å². The summed E-state index contributed by atoms with van der Waals surface area (Å²) in [6.45, 7) is 0. The molecule has 61 heavy (non-hydrogen) atoms. The van der Waals surface area contributed by atoms with Gasteiger partial charge in [-0.25, -0.2) is 15.0 Å². The molecule has 0 amide bonds. The number of benzene rings is 10. The first kappa shape index (κ1) is 35.2. The Morgan fingerprint density at radius 2 is 0.738 bits per heavy atom. The summed E-state index contributed by atoms with van der Waals surface area (Å²) in [5, 5.41) is 9.49. The van der Waals surface area contributed by atoms with Crippen molar-refractivity contribution in [2.75, 3.05) is 0 Å². The number of thiophene rings is 1. The fraction of sp³-hybridized carbons (Fsp3) is 0. The zero-order valence-corrected chi connectivity index (χ0v) is 33.8. The van der Waals surface area contributed by atoms with Gasteiger partial charge in [0.25, 0.3) is 0 Å². The van der Waals surface area contributed by atoms with Crippen LogP contribution < -0.4 is 0 Å². The van der Waals surface area contributed by atoms with E-state index in [1.165, 1.54) is 64.3 Å². The molecule has 0 aliphatic carbocycles. The maximum absolute atomic E-state index is 5.38. The maximum Gasteiger partial charge on any atom is 0.164 e. The molecule has 0 N–H and O–H groups in total. The molecular weight excluding hydrogens is 759 g/mol. The molecule has 3 nitrogen and oxygen atoms in total. The quantitative estimate of drug-likeness (QED) is 0.168. The normalized spacial score (nSPS) is 11.6. The highest BCUT2D eigenvalue weighted by molar-refractivity contribution is 7.26. The Kier molecular flexibility index (Phi) is 8.36. The van der Waals surface area contributed by atoms with Crippen LogP contribution >= 0.6 is 11.3 Å². The lowest BCUT2D eigenvalue weighted by Gasteiger charge is -2.18. The van der Waals surface area contributed by atoms with E-state index < -0.39 is 0 Å². The van der Waals surface area contributed by atoms with E-state index in [2.05, 4.69) is 194 Å². The number of hydrogen-bond donors (Lipinski definition) is 0. The third-order valence-electron chi connectivity index (χ3n) is 12.0. The monoisotopic (exact) mass is 793 g/mol. The molecule has 0 unspecified atom stereocenters. The van der Waals surface area contributed by atoms with E-state index >= 15 is 0 Å². The zero-order valence-electron chi connectivity index (χ0n) is 33.0. The smallest absolute Gasteiger partial charge is 0.164 e. The van der Waals surface area contributed by atoms with E-state index in [9.17, 15) is 0 Å². The van der Waals surface area contributed by atoms with E-state index in [-0.39, 0.29) is 0 Å². The lowest BCUT2D eigenvalue weighted by molar-refractivity contribution is 1.08. The summed E-state index contributed by atoms with van der Waals surface area (Å²) >= 11 is 1.86. The van der Waals surface area contributed by atoms with Crippen LogP contribution in [0.15, 0.2) is 212 Å². The first-order valence-electron chi connectivity index (χ1n) is 20.6. The summed E-state index contributed by atoms with van der Waals surface area (Å²) in [6.07, 6.45) is 0. The number of aromatic nitrogens is 3. The largest absolute Gasteiger partial charge is 0.208 e. The topological polar surface area (TPSA) is 38.7 Å². The summed E-state index contributed by atoms with van der Waals surface area (Å²) in [6, 6.07) is 75.7. The second kappa shape index (κ2) is 14.5. The number of fused-ring (bicyclic) bond motifs is 6.